The maximum atomic E-state index is 13.1. The molecule has 1 aliphatic rings. The third kappa shape index (κ3) is 27.0. The first-order chi connectivity index (χ1) is 28.2. The van der Waals surface area contributed by atoms with Gasteiger partial charge >= 0.3 is 0 Å². The Balaban J connectivity index is 2.45. The molecule has 25 nitrogen and oxygen atoms in total. The lowest BCUT2D eigenvalue weighted by molar-refractivity contribution is -0.131. The second kappa shape index (κ2) is 32.4. The van der Waals surface area contributed by atoms with E-state index < -0.39 is 110 Å². The van der Waals surface area contributed by atoms with Crippen LogP contribution in [0.4, 0.5) is 0 Å². The van der Waals surface area contributed by atoms with Crippen molar-refractivity contribution < 1.29 is 66.9 Å². The first-order valence-electron chi connectivity index (χ1n) is 17.9. The van der Waals surface area contributed by atoms with Crippen LogP contribution in [0.3, 0.4) is 0 Å². The molecule has 0 radical (unpaired) electrons. The Kier molecular flexibility index (Phi) is 28.9. The molecule has 3 unspecified atom stereocenters. The second-order valence-corrected chi connectivity index (χ2v) is 14.7. The first kappa shape index (κ1) is 52.6. The molecule has 1 fully saturated rings. The highest BCUT2D eigenvalue weighted by Gasteiger charge is 2.26. The van der Waals surface area contributed by atoms with Crippen molar-refractivity contribution >= 4 is 93.3 Å². The van der Waals surface area contributed by atoms with Gasteiger partial charge in [0, 0.05) is 30.3 Å². The number of rotatable bonds is 24. The van der Waals surface area contributed by atoms with Gasteiger partial charge < -0.3 is 78.3 Å². The van der Waals surface area contributed by atoms with Gasteiger partial charge in [-0.25, -0.2) is 0 Å². The minimum absolute atomic E-state index is 0.0223. The Labute approximate surface area is 352 Å². The molecule has 1 saturated heterocycles. The van der Waals surface area contributed by atoms with Crippen LogP contribution in [0.15, 0.2) is 0 Å². The minimum Gasteiger partial charge on any atom is -0.377 e. The molecule has 0 aliphatic carbocycles. The number of thiol groups is 1. The summed E-state index contributed by atoms with van der Waals surface area (Å²) in [4.78, 5) is 122. The van der Waals surface area contributed by atoms with E-state index in [0.29, 0.717) is 0 Å². The summed E-state index contributed by atoms with van der Waals surface area (Å²) < 4.78 is 20.9. The number of nitrogens with two attached hydrogens (primary N) is 2. The van der Waals surface area contributed by atoms with Crippen LogP contribution in [0.2, 0.25) is 0 Å². The van der Waals surface area contributed by atoms with Crippen molar-refractivity contribution in [2.75, 3.05) is 116 Å². The topological polar surface area (TPSA) is 368 Å². The lowest BCUT2D eigenvalue weighted by Gasteiger charge is -2.20. The van der Waals surface area contributed by atoms with Gasteiger partial charge in [-0.1, -0.05) is 21.6 Å². The predicted molar refractivity (Wildman–Crippen MR) is 214 cm³/mol. The molecule has 1 heterocycles. The van der Waals surface area contributed by atoms with Crippen molar-refractivity contribution in [3.05, 3.63) is 0 Å². The van der Waals surface area contributed by atoms with Gasteiger partial charge in [-0.05, 0) is 0 Å². The zero-order valence-corrected chi connectivity index (χ0v) is 34.6. The van der Waals surface area contributed by atoms with Gasteiger partial charge in [0.1, 0.15) is 31.3 Å². The van der Waals surface area contributed by atoms with Crippen LogP contribution in [0.1, 0.15) is 0 Å². The zero-order valence-electron chi connectivity index (χ0n) is 32.1. The third-order valence-electron chi connectivity index (χ3n) is 6.95. The smallest absolute Gasteiger partial charge is 0.246 e. The Morgan fingerprint density at radius 3 is 1.90 bits per heavy atom. The predicted octanol–water partition coefficient (Wildman–Crippen LogP) is -8.03. The second-order valence-electron chi connectivity index (χ2n) is 11.7. The Hall–Kier alpha value is -4.45. The molecule has 28 heteroatoms. The first-order valence-corrected chi connectivity index (χ1v) is 21.0. The maximum Gasteiger partial charge on any atom is 0.246 e. The van der Waals surface area contributed by atoms with E-state index in [1.54, 1.807) is 0 Å². The normalized spacial score (nSPS) is 17.4. The molecular weight excluding hydrogens is 847 g/mol. The van der Waals surface area contributed by atoms with Crippen LogP contribution in [0, 0.1) is 0 Å². The summed E-state index contributed by atoms with van der Waals surface area (Å²) >= 11 is 4.12. The molecule has 13 N–H and O–H groups in total. The molecule has 334 valence electrons. The number of amides is 10. The molecule has 59 heavy (non-hydrogen) atoms. The van der Waals surface area contributed by atoms with Crippen LogP contribution in [-0.2, 0) is 66.9 Å². The monoisotopic (exact) mass is 899 g/mol. The van der Waals surface area contributed by atoms with E-state index in [9.17, 15) is 47.9 Å². The molecule has 1 aliphatic heterocycles. The molecule has 1 rings (SSSR count). The minimum atomic E-state index is -1.23. The number of carbonyl (C=O) groups is 10. The van der Waals surface area contributed by atoms with Gasteiger partial charge in [0.05, 0.1) is 72.4 Å². The number of primary amides is 1. The lowest BCUT2D eigenvalue weighted by Crippen LogP contribution is -2.54. The van der Waals surface area contributed by atoms with Crippen LogP contribution in [-0.4, -0.2) is 193 Å². The summed E-state index contributed by atoms with van der Waals surface area (Å²) in [6, 6.07) is -3.41. The fraction of sp³-hybridized carbons (Fsp3) is 0.677. The van der Waals surface area contributed by atoms with Crippen LogP contribution < -0.4 is 59.3 Å². The van der Waals surface area contributed by atoms with Gasteiger partial charge in [-0.2, -0.15) is 12.6 Å². The quantitative estimate of drug-likeness (QED) is 0.0243. The highest BCUT2D eigenvalue weighted by molar-refractivity contribution is 8.76. The van der Waals surface area contributed by atoms with E-state index in [2.05, 4.69) is 60.5 Å². The molecule has 0 aromatic heterocycles. The molecule has 0 aromatic rings. The van der Waals surface area contributed by atoms with E-state index in [0.717, 1.165) is 21.6 Å². The Morgan fingerprint density at radius 2 is 1.29 bits per heavy atom. The fourth-order valence-electron chi connectivity index (χ4n) is 4.07. The van der Waals surface area contributed by atoms with Crippen molar-refractivity contribution in [2.45, 2.75) is 18.1 Å². The van der Waals surface area contributed by atoms with Crippen molar-refractivity contribution in [1.29, 1.82) is 0 Å². The highest BCUT2D eigenvalue weighted by Crippen LogP contribution is 2.23. The molecular formula is C31H53N11O14S3. The van der Waals surface area contributed by atoms with E-state index >= 15 is 0 Å². The van der Waals surface area contributed by atoms with Gasteiger partial charge in [-0.3, -0.25) is 47.9 Å². The Morgan fingerprint density at radius 1 is 0.712 bits per heavy atom. The van der Waals surface area contributed by atoms with E-state index in [1.165, 1.54) is 0 Å². The summed E-state index contributed by atoms with van der Waals surface area (Å²) in [7, 11) is 2.12. The molecule has 0 saturated carbocycles. The van der Waals surface area contributed by atoms with Gasteiger partial charge in [0.15, 0.2) is 0 Å². The number of hydrogen-bond acceptors (Lipinski definition) is 18. The average molecular weight is 900 g/mol. The van der Waals surface area contributed by atoms with Crippen molar-refractivity contribution in [3.8, 4) is 0 Å². The van der Waals surface area contributed by atoms with E-state index in [-0.39, 0.29) is 83.2 Å². The molecule has 0 bridgehead atoms. The zero-order chi connectivity index (χ0) is 43.8. The van der Waals surface area contributed by atoms with Crippen molar-refractivity contribution in [2.24, 2.45) is 11.5 Å². The van der Waals surface area contributed by atoms with E-state index in [4.69, 9.17) is 30.4 Å². The van der Waals surface area contributed by atoms with Crippen molar-refractivity contribution in [1.82, 2.24) is 47.9 Å². The number of carbonyl (C=O) groups excluding carboxylic acids is 10. The van der Waals surface area contributed by atoms with Crippen LogP contribution in [0.25, 0.3) is 0 Å². The van der Waals surface area contributed by atoms with Gasteiger partial charge in [-0.15, -0.1) is 0 Å². The highest BCUT2D eigenvalue weighted by atomic mass is 33.1. The average Bonchev–Trinajstić information content (AvgIpc) is 3.20. The largest absolute Gasteiger partial charge is 0.377 e. The molecule has 0 aromatic carbocycles. The standard InChI is InChI=1S/C31H53N11O14S3/c32-9-23(44)41-20-17-58-59-18-21(42-26(47)12-37-24(45)10-36-25(46)11-38-30(20)51)31(52)39-13-27(48)40-19(16-57)29(50)35-2-4-54-6-8-55-7-5-53-3-1-34-28(49)15-56-14-22(33)43/h19-21,57H,1-18,32H2,(H2,33,43)(H,34,49)(H,35,50)(H,36,46)(H,37,45)(H,38,51)(H,39,52)(H,40,48)(H,41,44)(H,42,47). The summed E-state index contributed by atoms with van der Waals surface area (Å²) in [5, 5.41) is 21.8. The number of ether oxygens (including phenoxy) is 4. The third-order valence-corrected chi connectivity index (χ3v) is 9.74. The molecule has 10 amide bonds. The summed E-state index contributed by atoms with van der Waals surface area (Å²) in [6.45, 7) is -1.42. The Bertz CT molecular complexity index is 1420. The van der Waals surface area contributed by atoms with Gasteiger partial charge in [0.2, 0.25) is 59.1 Å². The molecule has 0 spiro atoms. The number of hydrogen-bond donors (Lipinski definition) is 12. The molecule has 3 atom stereocenters. The number of nitrogens with one attached hydrogen (secondary N) is 9. The van der Waals surface area contributed by atoms with E-state index in [1.807, 2.05) is 0 Å². The summed E-state index contributed by atoms with van der Waals surface area (Å²) in [5.41, 5.74) is 10.2. The fourth-order valence-corrected chi connectivity index (χ4v) is 6.65. The van der Waals surface area contributed by atoms with Crippen LogP contribution in [0.5, 0.6) is 0 Å². The summed E-state index contributed by atoms with van der Waals surface area (Å²) in [5.74, 6) is -6.87. The van der Waals surface area contributed by atoms with Crippen LogP contribution >= 0.6 is 34.2 Å². The van der Waals surface area contributed by atoms with Gasteiger partial charge in [0.25, 0.3) is 0 Å². The van der Waals surface area contributed by atoms with Crippen molar-refractivity contribution in [3.63, 3.8) is 0 Å². The SMILES string of the molecule is NCC(=O)NC1CSSCC(C(=O)NCC(=O)NC(CS)C(=O)NCCOCCOCCOCCNC(=O)COCC(N)=O)NC(=O)CNC(=O)CNC(=O)CNC1=O. The lowest BCUT2D eigenvalue weighted by atomic mass is 10.3. The summed E-state index contributed by atoms with van der Waals surface area (Å²) in [6.07, 6.45) is 0. The maximum absolute atomic E-state index is 13.1.